The molecule has 0 unspecified atom stereocenters. The van der Waals surface area contributed by atoms with E-state index in [0.717, 1.165) is 29.4 Å². The molecule has 1 aliphatic rings. The van der Waals surface area contributed by atoms with Crippen LogP contribution in [0.3, 0.4) is 0 Å². The van der Waals surface area contributed by atoms with Crippen molar-refractivity contribution in [3.8, 4) is 5.82 Å². The fraction of sp³-hybridized carbons (Fsp3) is 0.278. The van der Waals surface area contributed by atoms with Crippen LogP contribution in [0.25, 0.3) is 28.0 Å². The van der Waals surface area contributed by atoms with Crippen molar-refractivity contribution in [2.24, 2.45) is 0 Å². The number of H-pyrrole nitrogens is 1. The molecule has 1 aliphatic heterocycles. The lowest BCUT2D eigenvalue weighted by molar-refractivity contribution is 0.0697. The Morgan fingerprint density at radius 3 is 2.88 bits per heavy atom. The molecular formula is C18H16ClN5O2. The third-order valence-electron chi connectivity index (χ3n) is 4.86. The molecule has 7 nitrogen and oxygen atoms in total. The number of aromatic nitrogens is 5. The predicted octanol–water partition coefficient (Wildman–Crippen LogP) is 3.07. The first-order chi connectivity index (χ1) is 12.7. The van der Waals surface area contributed by atoms with Gasteiger partial charge < -0.3 is 9.72 Å². The maximum Gasteiger partial charge on any atom is 0.327 e. The molecule has 0 bridgehead atoms. The summed E-state index contributed by atoms with van der Waals surface area (Å²) in [6, 6.07) is 9.40. The Hall–Kier alpha value is -2.64. The number of nitrogens with one attached hydrogen (secondary N) is 1. The zero-order valence-electron chi connectivity index (χ0n) is 13.9. The third-order valence-corrected chi connectivity index (χ3v) is 5.10. The van der Waals surface area contributed by atoms with Crippen LogP contribution in [0.4, 0.5) is 0 Å². The zero-order chi connectivity index (χ0) is 17.7. The second-order valence-electron chi connectivity index (χ2n) is 6.43. The van der Waals surface area contributed by atoms with Crippen molar-refractivity contribution < 1.29 is 4.74 Å². The van der Waals surface area contributed by atoms with Crippen molar-refractivity contribution in [1.29, 1.82) is 0 Å². The lowest BCUT2D eigenvalue weighted by Gasteiger charge is -2.22. The smallest absolute Gasteiger partial charge is 0.327 e. The van der Waals surface area contributed by atoms with E-state index in [1.165, 1.54) is 0 Å². The van der Waals surface area contributed by atoms with Gasteiger partial charge in [-0.15, -0.1) is 0 Å². The molecule has 1 fully saturated rings. The quantitative estimate of drug-likeness (QED) is 0.589. The second kappa shape index (κ2) is 5.96. The summed E-state index contributed by atoms with van der Waals surface area (Å²) in [4.78, 5) is 24.6. The van der Waals surface area contributed by atoms with E-state index in [1.807, 2.05) is 34.9 Å². The van der Waals surface area contributed by atoms with Gasteiger partial charge in [-0.1, -0.05) is 11.6 Å². The van der Waals surface area contributed by atoms with Gasteiger partial charge in [0.05, 0.1) is 16.6 Å². The molecule has 132 valence electrons. The van der Waals surface area contributed by atoms with E-state index < -0.39 is 0 Å². The predicted molar refractivity (Wildman–Crippen MR) is 99.1 cm³/mol. The topological polar surface area (TPSA) is 77.7 Å². The fourth-order valence-corrected chi connectivity index (χ4v) is 3.74. The summed E-state index contributed by atoms with van der Waals surface area (Å²) in [5.41, 5.74) is 2.97. The minimum absolute atomic E-state index is 0.0988. The van der Waals surface area contributed by atoms with Gasteiger partial charge in [0, 0.05) is 24.3 Å². The Morgan fingerprint density at radius 1 is 1.19 bits per heavy atom. The van der Waals surface area contributed by atoms with Crippen LogP contribution in [0.2, 0.25) is 5.02 Å². The van der Waals surface area contributed by atoms with E-state index in [9.17, 15) is 4.79 Å². The molecule has 0 aliphatic carbocycles. The average molecular weight is 370 g/mol. The molecule has 0 radical (unpaired) electrons. The molecule has 26 heavy (non-hydrogen) atoms. The molecule has 0 atom stereocenters. The van der Waals surface area contributed by atoms with Crippen molar-refractivity contribution in [3.05, 3.63) is 52.2 Å². The van der Waals surface area contributed by atoms with Crippen LogP contribution in [-0.2, 0) is 4.74 Å². The zero-order valence-corrected chi connectivity index (χ0v) is 14.6. The molecule has 5 rings (SSSR count). The first-order valence-electron chi connectivity index (χ1n) is 8.53. The number of rotatable bonds is 2. The van der Waals surface area contributed by atoms with E-state index in [0.29, 0.717) is 29.7 Å². The lowest BCUT2D eigenvalue weighted by atomic mass is 10.1. The van der Waals surface area contributed by atoms with Crippen molar-refractivity contribution in [2.75, 3.05) is 13.2 Å². The molecule has 3 aromatic heterocycles. The molecule has 0 amide bonds. The number of halogens is 1. The van der Waals surface area contributed by atoms with Crippen LogP contribution in [0, 0.1) is 0 Å². The Morgan fingerprint density at radius 2 is 2.04 bits per heavy atom. The van der Waals surface area contributed by atoms with Gasteiger partial charge in [-0.2, -0.15) is 0 Å². The Balaban J connectivity index is 1.69. The molecule has 1 aromatic carbocycles. The van der Waals surface area contributed by atoms with Crippen LogP contribution in [0.5, 0.6) is 0 Å². The van der Waals surface area contributed by atoms with Crippen LogP contribution in [0.15, 0.2) is 41.5 Å². The number of fused-ring (bicyclic) bond motifs is 2. The molecule has 8 heteroatoms. The normalized spacial score (nSPS) is 15.9. The first-order valence-corrected chi connectivity index (χ1v) is 8.90. The van der Waals surface area contributed by atoms with Gasteiger partial charge in [0.2, 0.25) is 0 Å². The van der Waals surface area contributed by atoms with Gasteiger partial charge in [0.1, 0.15) is 12.1 Å². The average Bonchev–Trinajstić information content (AvgIpc) is 3.21. The van der Waals surface area contributed by atoms with E-state index in [-0.39, 0.29) is 11.7 Å². The molecule has 1 N–H and O–H groups in total. The largest absolute Gasteiger partial charge is 0.381 e. The highest BCUT2D eigenvalue weighted by molar-refractivity contribution is 6.31. The van der Waals surface area contributed by atoms with Crippen LogP contribution in [-0.4, -0.2) is 37.3 Å². The maximum atomic E-state index is 12.5. The van der Waals surface area contributed by atoms with E-state index >= 15 is 0 Å². The maximum absolute atomic E-state index is 12.5. The van der Waals surface area contributed by atoms with E-state index in [4.69, 9.17) is 21.3 Å². The molecule has 1 saturated heterocycles. The summed E-state index contributed by atoms with van der Waals surface area (Å²) in [7, 11) is 0. The van der Waals surface area contributed by atoms with Crippen molar-refractivity contribution in [1.82, 2.24) is 24.1 Å². The monoisotopic (exact) mass is 369 g/mol. The highest BCUT2D eigenvalue weighted by atomic mass is 35.5. The summed E-state index contributed by atoms with van der Waals surface area (Å²) in [6.07, 6.45) is 3.34. The second-order valence-corrected chi connectivity index (χ2v) is 6.87. The van der Waals surface area contributed by atoms with Crippen LogP contribution >= 0.6 is 11.6 Å². The van der Waals surface area contributed by atoms with Gasteiger partial charge in [-0.3, -0.25) is 9.13 Å². The molecule has 4 aromatic rings. The van der Waals surface area contributed by atoms with Crippen molar-refractivity contribution >= 4 is 33.8 Å². The Kier molecular flexibility index (Phi) is 3.58. The van der Waals surface area contributed by atoms with Crippen LogP contribution < -0.4 is 5.69 Å². The summed E-state index contributed by atoms with van der Waals surface area (Å²) in [6.45, 7) is 1.32. The Bertz CT molecular complexity index is 1170. The molecule has 4 heterocycles. The van der Waals surface area contributed by atoms with Crippen LogP contribution in [0.1, 0.15) is 18.9 Å². The summed E-state index contributed by atoms with van der Waals surface area (Å²) in [5.74, 6) is 0.696. The number of imidazole rings is 2. The Labute approximate surface area is 153 Å². The van der Waals surface area contributed by atoms with E-state index in [2.05, 4.69) is 9.97 Å². The third kappa shape index (κ3) is 2.43. The standard InChI is InChI=1S/C18H16ClN5O2/c19-11-1-2-13-15(9-11)23(10-20-13)16-4-3-14-17(22-16)24(18(25)21-14)12-5-7-26-8-6-12/h1-4,9-10,12H,5-8H2,(H,21,25). The molecular weight excluding hydrogens is 354 g/mol. The highest BCUT2D eigenvalue weighted by Crippen LogP contribution is 2.25. The number of aromatic amines is 1. The SMILES string of the molecule is O=c1[nH]c2ccc(-n3cnc4ccc(Cl)cc43)nc2n1C1CCOCC1. The number of hydrogen-bond acceptors (Lipinski definition) is 4. The summed E-state index contributed by atoms with van der Waals surface area (Å²) in [5, 5.41) is 0.640. The van der Waals surface area contributed by atoms with Gasteiger partial charge in [0.25, 0.3) is 0 Å². The molecule has 0 spiro atoms. The number of nitrogens with zero attached hydrogens (tertiary/aromatic N) is 4. The summed E-state index contributed by atoms with van der Waals surface area (Å²) >= 11 is 6.14. The fourth-order valence-electron chi connectivity index (χ4n) is 3.57. The number of benzene rings is 1. The number of hydrogen-bond donors (Lipinski definition) is 1. The lowest BCUT2D eigenvalue weighted by Crippen LogP contribution is -2.27. The molecule has 0 saturated carbocycles. The van der Waals surface area contributed by atoms with Gasteiger partial charge >= 0.3 is 5.69 Å². The van der Waals surface area contributed by atoms with Gasteiger partial charge in [0.15, 0.2) is 5.65 Å². The van der Waals surface area contributed by atoms with Gasteiger partial charge in [-0.05, 0) is 43.2 Å². The highest BCUT2D eigenvalue weighted by Gasteiger charge is 2.21. The van der Waals surface area contributed by atoms with E-state index in [1.54, 1.807) is 10.9 Å². The van der Waals surface area contributed by atoms with Crippen molar-refractivity contribution in [2.45, 2.75) is 18.9 Å². The number of ether oxygens (including phenoxy) is 1. The summed E-state index contributed by atoms with van der Waals surface area (Å²) < 4.78 is 9.06. The minimum atomic E-state index is -0.130. The minimum Gasteiger partial charge on any atom is -0.381 e. The number of pyridine rings is 1. The first kappa shape index (κ1) is 15.6. The van der Waals surface area contributed by atoms with Crippen molar-refractivity contribution in [3.63, 3.8) is 0 Å². The van der Waals surface area contributed by atoms with Gasteiger partial charge in [-0.25, -0.2) is 14.8 Å².